The molecule has 7 nitrogen and oxygen atoms in total. The van der Waals surface area contributed by atoms with Crippen molar-refractivity contribution in [3.8, 4) is 11.5 Å². The van der Waals surface area contributed by atoms with Gasteiger partial charge in [-0.2, -0.15) is 0 Å². The van der Waals surface area contributed by atoms with Crippen LogP contribution in [0.3, 0.4) is 0 Å². The molecule has 9 heteroatoms. The number of benzene rings is 3. The molecule has 33 heavy (non-hydrogen) atoms. The van der Waals surface area contributed by atoms with Crippen LogP contribution in [0.25, 0.3) is 0 Å². The van der Waals surface area contributed by atoms with Crippen molar-refractivity contribution in [3.63, 3.8) is 0 Å². The number of nitrogens with one attached hydrogen (secondary N) is 1. The minimum atomic E-state index is -4.17. The first-order chi connectivity index (χ1) is 15.6. The van der Waals surface area contributed by atoms with Crippen LogP contribution in [0.5, 0.6) is 11.5 Å². The fourth-order valence-corrected chi connectivity index (χ4v) is 5.06. The summed E-state index contributed by atoms with van der Waals surface area (Å²) in [5.41, 5.74) is 2.38. The number of nitrogens with zero attached hydrogens (tertiary/aromatic N) is 1. The fourth-order valence-electron chi connectivity index (χ4n) is 3.27. The van der Waals surface area contributed by atoms with Crippen molar-refractivity contribution >= 4 is 38.9 Å². The predicted molar refractivity (Wildman–Crippen MR) is 130 cm³/mol. The third-order valence-electron chi connectivity index (χ3n) is 4.92. The van der Waals surface area contributed by atoms with Gasteiger partial charge >= 0.3 is 0 Å². The Hall–Kier alpha value is -3.23. The van der Waals surface area contributed by atoms with Crippen LogP contribution in [0.15, 0.2) is 65.6 Å². The van der Waals surface area contributed by atoms with E-state index < -0.39 is 22.5 Å². The molecule has 3 rings (SSSR count). The highest BCUT2D eigenvalue weighted by Crippen LogP contribution is 2.32. The summed E-state index contributed by atoms with van der Waals surface area (Å²) in [4.78, 5) is 13.0. The van der Waals surface area contributed by atoms with Gasteiger partial charge in [0.2, 0.25) is 5.91 Å². The number of carbonyl (C=O) groups excluding carboxylic acids is 1. The van der Waals surface area contributed by atoms with Crippen molar-refractivity contribution in [2.75, 3.05) is 30.4 Å². The number of anilines is 2. The molecule has 0 atom stereocenters. The molecule has 0 bridgehead atoms. The molecule has 0 spiro atoms. The van der Waals surface area contributed by atoms with E-state index in [1.54, 1.807) is 55.5 Å². The molecule has 0 saturated carbocycles. The summed E-state index contributed by atoms with van der Waals surface area (Å²) < 4.78 is 39.1. The van der Waals surface area contributed by atoms with Gasteiger partial charge in [-0.1, -0.05) is 23.7 Å². The van der Waals surface area contributed by atoms with Crippen LogP contribution in [-0.4, -0.2) is 35.1 Å². The molecule has 0 aliphatic heterocycles. The number of hydrogen-bond acceptors (Lipinski definition) is 5. The summed E-state index contributed by atoms with van der Waals surface area (Å²) in [5.74, 6) is 0.111. The second kappa shape index (κ2) is 10.1. The number of carbonyl (C=O) groups is 1. The van der Waals surface area contributed by atoms with Gasteiger partial charge in [-0.3, -0.25) is 9.10 Å². The zero-order valence-corrected chi connectivity index (χ0v) is 20.3. The van der Waals surface area contributed by atoms with Crippen molar-refractivity contribution in [3.05, 3.63) is 76.8 Å². The number of rotatable bonds is 8. The van der Waals surface area contributed by atoms with Crippen molar-refractivity contribution in [2.24, 2.45) is 0 Å². The number of amides is 1. The van der Waals surface area contributed by atoms with Crippen molar-refractivity contribution in [1.29, 1.82) is 0 Å². The SMILES string of the molecule is COc1ccc(C)cc1NC(=O)CN(c1ccc(Cl)cc1)S(=O)(=O)c1cc(C)ccc1OC. The van der Waals surface area contributed by atoms with E-state index in [9.17, 15) is 13.2 Å². The van der Waals surface area contributed by atoms with E-state index in [1.807, 2.05) is 13.0 Å². The van der Waals surface area contributed by atoms with E-state index in [1.165, 1.54) is 20.3 Å². The summed E-state index contributed by atoms with van der Waals surface area (Å²) in [6.07, 6.45) is 0. The van der Waals surface area contributed by atoms with Gasteiger partial charge in [-0.05, 0) is 73.5 Å². The summed E-state index contributed by atoms with van der Waals surface area (Å²) in [5, 5.41) is 3.19. The summed E-state index contributed by atoms with van der Waals surface area (Å²) in [6, 6.07) is 16.4. The molecule has 0 aliphatic carbocycles. The van der Waals surface area contributed by atoms with Crippen LogP contribution in [-0.2, 0) is 14.8 Å². The van der Waals surface area contributed by atoms with Crippen LogP contribution in [0.2, 0.25) is 5.02 Å². The van der Waals surface area contributed by atoms with Gasteiger partial charge in [0.1, 0.15) is 22.9 Å². The average Bonchev–Trinajstić information content (AvgIpc) is 2.78. The Balaban J connectivity index is 2.03. The van der Waals surface area contributed by atoms with Crippen LogP contribution in [0.4, 0.5) is 11.4 Å². The molecule has 0 saturated heterocycles. The highest BCUT2D eigenvalue weighted by Gasteiger charge is 2.30. The van der Waals surface area contributed by atoms with Gasteiger partial charge in [0.05, 0.1) is 25.6 Å². The normalized spacial score (nSPS) is 11.1. The molecule has 0 radical (unpaired) electrons. The largest absolute Gasteiger partial charge is 0.495 e. The molecule has 0 aromatic heterocycles. The van der Waals surface area contributed by atoms with Gasteiger partial charge in [0, 0.05) is 5.02 Å². The molecule has 0 heterocycles. The minimum Gasteiger partial charge on any atom is -0.495 e. The Kier molecular flexibility index (Phi) is 7.50. The fraction of sp³-hybridized carbons (Fsp3) is 0.208. The standard InChI is InChI=1S/C24H25ClN2O5S/c1-16-5-11-21(31-3)20(13-16)26-24(28)15-27(19-9-7-18(25)8-10-19)33(29,30)23-14-17(2)6-12-22(23)32-4/h5-14H,15H2,1-4H3,(H,26,28). The molecule has 0 fully saturated rings. The van der Waals surface area contributed by atoms with Gasteiger partial charge in [-0.25, -0.2) is 8.42 Å². The number of sulfonamides is 1. The third-order valence-corrected chi connectivity index (χ3v) is 6.97. The van der Waals surface area contributed by atoms with Crippen molar-refractivity contribution in [1.82, 2.24) is 0 Å². The number of hydrogen-bond donors (Lipinski definition) is 1. The Labute approximate surface area is 198 Å². The molecule has 3 aromatic carbocycles. The molecule has 1 N–H and O–H groups in total. The van der Waals surface area contributed by atoms with Gasteiger partial charge < -0.3 is 14.8 Å². The molecular formula is C24H25ClN2O5S. The maximum absolute atomic E-state index is 13.7. The Morgan fingerprint density at radius 3 is 2.09 bits per heavy atom. The zero-order chi connectivity index (χ0) is 24.2. The lowest BCUT2D eigenvalue weighted by Crippen LogP contribution is -2.38. The Bertz CT molecular complexity index is 1260. The number of aryl methyl sites for hydroxylation is 2. The maximum atomic E-state index is 13.7. The molecule has 0 unspecified atom stereocenters. The monoisotopic (exact) mass is 488 g/mol. The van der Waals surface area contributed by atoms with E-state index in [0.717, 1.165) is 15.4 Å². The molecule has 0 aliphatic rings. The number of methoxy groups -OCH3 is 2. The van der Waals surface area contributed by atoms with Crippen LogP contribution < -0.4 is 19.1 Å². The minimum absolute atomic E-state index is 0.0408. The van der Waals surface area contributed by atoms with Crippen molar-refractivity contribution in [2.45, 2.75) is 18.7 Å². The van der Waals surface area contributed by atoms with E-state index in [4.69, 9.17) is 21.1 Å². The van der Waals surface area contributed by atoms with Crippen LogP contribution in [0, 0.1) is 13.8 Å². The van der Waals surface area contributed by atoms with Crippen LogP contribution >= 0.6 is 11.6 Å². The molecule has 1 amide bonds. The van der Waals surface area contributed by atoms with Gasteiger partial charge in [-0.15, -0.1) is 0 Å². The summed E-state index contributed by atoms with van der Waals surface area (Å²) >= 11 is 6.00. The maximum Gasteiger partial charge on any atom is 0.268 e. The molecule has 3 aromatic rings. The average molecular weight is 489 g/mol. The Morgan fingerprint density at radius 2 is 1.48 bits per heavy atom. The lowest BCUT2D eigenvalue weighted by Gasteiger charge is -2.25. The second-order valence-corrected chi connectivity index (χ2v) is 9.66. The zero-order valence-electron chi connectivity index (χ0n) is 18.8. The van der Waals surface area contributed by atoms with E-state index in [2.05, 4.69) is 5.32 Å². The lowest BCUT2D eigenvalue weighted by atomic mass is 10.2. The van der Waals surface area contributed by atoms with E-state index >= 15 is 0 Å². The number of ether oxygens (including phenoxy) is 2. The van der Waals surface area contributed by atoms with E-state index in [0.29, 0.717) is 16.5 Å². The van der Waals surface area contributed by atoms with Gasteiger partial charge in [0.25, 0.3) is 10.0 Å². The summed E-state index contributed by atoms with van der Waals surface area (Å²) in [6.45, 7) is 3.18. The highest BCUT2D eigenvalue weighted by atomic mass is 35.5. The number of halogens is 1. The first kappa shape index (κ1) is 24.4. The predicted octanol–water partition coefficient (Wildman–Crippen LogP) is 4.81. The smallest absolute Gasteiger partial charge is 0.268 e. The highest BCUT2D eigenvalue weighted by molar-refractivity contribution is 7.93. The van der Waals surface area contributed by atoms with Gasteiger partial charge in [0.15, 0.2) is 0 Å². The third kappa shape index (κ3) is 5.58. The Morgan fingerprint density at radius 1 is 0.909 bits per heavy atom. The first-order valence-corrected chi connectivity index (χ1v) is 11.8. The van der Waals surface area contributed by atoms with Crippen molar-refractivity contribution < 1.29 is 22.7 Å². The lowest BCUT2D eigenvalue weighted by molar-refractivity contribution is -0.114. The quantitative estimate of drug-likeness (QED) is 0.492. The second-order valence-electron chi connectivity index (χ2n) is 7.39. The molecule has 174 valence electrons. The van der Waals surface area contributed by atoms with E-state index in [-0.39, 0.29) is 16.3 Å². The summed E-state index contributed by atoms with van der Waals surface area (Å²) in [7, 11) is -1.28. The first-order valence-electron chi connectivity index (χ1n) is 10.0. The topological polar surface area (TPSA) is 84.9 Å². The molecular weight excluding hydrogens is 464 g/mol. The van der Waals surface area contributed by atoms with Crippen LogP contribution in [0.1, 0.15) is 11.1 Å².